The molecule has 1 amide bonds. The van der Waals surface area contributed by atoms with Crippen molar-refractivity contribution in [2.45, 2.75) is 53.2 Å². The highest BCUT2D eigenvalue weighted by Crippen LogP contribution is 2.21. The van der Waals surface area contributed by atoms with E-state index in [4.69, 9.17) is 9.84 Å². The highest BCUT2D eigenvalue weighted by atomic mass is 32.1. The Labute approximate surface area is 139 Å². The van der Waals surface area contributed by atoms with Gasteiger partial charge in [-0.1, -0.05) is 13.8 Å². The summed E-state index contributed by atoms with van der Waals surface area (Å²) in [6.45, 7) is 10.3. The van der Waals surface area contributed by atoms with Crippen LogP contribution in [0, 0.1) is 12.8 Å². The molecule has 128 valence electrons. The number of ether oxygens (including phenoxy) is 1. The van der Waals surface area contributed by atoms with Crippen LogP contribution >= 0.6 is 11.3 Å². The first-order valence-electron chi connectivity index (χ1n) is 7.17. The van der Waals surface area contributed by atoms with Crippen molar-refractivity contribution < 1.29 is 24.2 Å². The summed E-state index contributed by atoms with van der Waals surface area (Å²) in [6.07, 6.45) is -0.698. The molecule has 0 aliphatic heterocycles. The first-order valence-corrected chi connectivity index (χ1v) is 7.98. The number of carboxylic acids is 1. The molecule has 1 aromatic heterocycles. The van der Waals surface area contributed by atoms with Crippen LogP contribution in [0.5, 0.6) is 0 Å². The lowest BCUT2D eigenvalue weighted by atomic mass is 10.0. The minimum absolute atomic E-state index is 0.0645. The summed E-state index contributed by atoms with van der Waals surface area (Å²) in [5, 5.41) is 11.6. The van der Waals surface area contributed by atoms with E-state index in [1.807, 2.05) is 0 Å². The summed E-state index contributed by atoms with van der Waals surface area (Å²) in [4.78, 5) is 39.8. The average molecular weight is 342 g/mol. The van der Waals surface area contributed by atoms with Gasteiger partial charge in [-0.2, -0.15) is 0 Å². The fourth-order valence-corrected chi connectivity index (χ4v) is 2.69. The van der Waals surface area contributed by atoms with Crippen molar-refractivity contribution in [3.63, 3.8) is 0 Å². The third-order valence-corrected chi connectivity index (χ3v) is 3.82. The molecular formula is C15H22N2O5S. The number of ketones is 1. The zero-order valence-electron chi connectivity index (χ0n) is 14.1. The lowest BCUT2D eigenvalue weighted by molar-refractivity contribution is 0.0475. The second kappa shape index (κ2) is 7.08. The lowest BCUT2D eigenvalue weighted by Crippen LogP contribution is -2.46. The monoisotopic (exact) mass is 342 g/mol. The Bertz CT molecular complexity index is 616. The predicted octanol–water partition coefficient (Wildman–Crippen LogP) is 2.88. The van der Waals surface area contributed by atoms with Gasteiger partial charge in [-0.05, 0) is 33.6 Å². The maximum Gasteiger partial charge on any atom is 0.408 e. The summed E-state index contributed by atoms with van der Waals surface area (Å²) in [5.41, 5.74) is -0.818. The van der Waals surface area contributed by atoms with Crippen LogP contribution in [0.1, 0.15) is 59.8 Å². The molecule has 0 unspecified atom stereocenters. The molecule has 0 aromatic carbocycles. The predicted molar refractivity (Wildman–Crippen MR) is 86.1 cm³/mol. The van der Waals surface area contributed by atoms with E-state index < -0.39 is 29.5 Å². The summed E-state index contributed by atoms with van der Waals surface area (Å²) in [6, 6.07) is -0.836. The summed E-state index contributed by atoms with van der Waals surface area (Å²) in [7, 11) is 0. The highest BCUT2D eigenvalue weighted by molar-refractivity contribution is 7.13. The van der Waals surface area contributed by atoms with Crippen LogP contribution in [-0.2, 0) is 4.74 Å². The number of aryl methyl sites for hydroxylation is 1. The second-order valence-corrected chi connectivity index (χ2v) is 7.66. The molecule has 0 saturated carbocycles. The zero-order chi connectivity index (χ0) is 17.9. The van der Waals surface area contributed by atoms with Gasteiger partial charge in [0.25, 0.3) is 0 Å². The van der Waals surface area contributed by atoms with Gasteiger partial charge >= 0.3 is 12.1 Å². The quantitative estimate of drug-likeness (QED) is 0.797. The highest BCUT2D eigenvalue weighted by Gasteiger charge is 2.30. The standard InChI is InChI=1S/C15H22N2O5S/c1-7(2)9(17-14(21)22-15(4,5)6)11(18)12-16-10(13(19)20)8(3)23-12/h7,9H,1-6H3,(H,17,21)(H,19,20)/t9-/m0/s1. The third-order valence-electron chi connectivity index (χ3n) is 2.83. The van der Waals surface area contributed by atoms with Gasteiger partial charge in [0.05, 0.1) is 0 Å². The molecule has 0 aliphatic rings. The zero-order valence-corrected chi connectivity index (χ0v) is 14.9. The molecule has 0 saturated heterocycles. The molecule has 0 fully saturated rings. The normalized spacial score (nSPS) is 12.8. The number of alkyl carbamates (subject to hydrolysis) is 1. The number of amides is 1. The molecule has 23 heavy (non-hydrogen) atoms. The van der Waals surface area contributed by atoms with Gasteiger partial charge in [0.2, 0.25) is 5.78 Å². The van der Waals surface area contributed by atoms with Crippen LogP contribution in [-0.4, -0.2) is 39.6 Å². The number of carbonyl (C=O) groups is 3. The van der Waals surface area contributed by atoms with E-state index in [1.54, 1.807) is 41.5 Å². The second-order valence-electron chi connectivity index (χ2n) is 6.46. The number of Topliss-reactive ketones (excluding diaryl/α,β-unsaturated/α-hetero) is 1. The minimum Gasteiger partial charge on any atom is -0.476 e. The molecule has 0 aliphatic carbocycles. The first-order chi connectivity index (χ1) is 10.4. The molecule has 7 nitrogen and oxygen atoms in total. The Morgan fingerprint density at radius 3 is 2.22 bits per heavy atom. The largest absolute Gasteiger partial charge is 0.476 e. The van der Waals surface area contributed by atoms with Crippen molar-refractivity contribution in [1.29, 1.82) is 0 Å². The van der Waals surface area contributed by atoms with E-state index in [1.165, 1.54) is 0 Å². The van der Waals surface area contributed by atoms with Gasteiger partial charge in [-0.3, -0.25) is 4.79 Å². The van der Waals surface area contributed by atoms with Gasteiger partial charge in [-0.15, -0.1) is 11.3 Å². The molecule has 8 heteroatoms. The van der Waals surface area contributed by atoms with Gasteiger partial charge in [0, 0.05) is 4.88 Å². The van der Waals surface area contributed by atoms with E-state index in [2.05, 4.69) is 10.3 Å². The van der Waals surface area contributed by atoms with Crippen molar-refractivity contribution in [2.24, 2.45) is 5.92 Å². The van der Waals surface area contributed by atoms with Crippen molar-refractivity contribution >= 4 is 29.2 Å². The number of rotatable bonds is 5. The van der Waals surface area contributed by atoms with Crippen LogP contribution in [0.25, 0.3) is 0 Å². The molecule has 0 spiro atoms. The van der Waals surface area contributed by atoms with Crippen molar-refractivity contribution in [1.82, 2.24) is 10.3 Å². The van der Waals surface area contributed by atoms with Crippen molar-refractivity contribution in [3.05, 3.63) is 15.6 Å². The molecule has 0 radical (unpaired) electrons. The molecule has 1 aromatic rings. The fraction of sp³-hybridized carbons (Fsp3) is 0.600. The van der Waals surface area contributed by atoms with E-state index in [0.717, 1.165) is 11.3 Å². The fourth-order valence-electron chi connectivity index (χ4n) is 1.80. The SMILES string of the molecule is Cc1sc(C(=O)[C@@H](NC(=O)OC(C)(C)C)C(C)C)nc1C(=O)O. The number of aromatic nitrogens is 1. The van der Waals surface area contributed by atoms with Crippen LogP contribution in [0.15, 0.2) is 0 Å². The number of aromatic carboxylic acids is 1. The smallest absolute Gasteiger partial charge is 0.408 e. The van der Waals surface area contributed by atoms with Crippen molar-refractivity contribution in [3.8, 4) is 0 Å². The van der Waals surface area contributed by atoms with E-state index in [9.17, 15) is 14.4 Å². The number of nitrogens with zero attached hydrogens (tertiary/aromatic N) is 1. The van der Waals surface area contributed by atoms with Crippen LogP contribution in [0.3, 0.4) is 0 Å². The van der Waals surface area contributed by atoms with E-state index in [-0.39, 0.29) is 16.6 Å². The van der Waals surface area contributed by atoms with Crippen LogP contribution in [0.4, 0.5) is 4.79 Å². The van der Waals surface area contributed by atoms with Gasteiger partial charge in [0.1, 0.15) is 11.6 Å². The topological polar surface area (TPSA) is 106 Å². The number of carboxylic acid groups (broad SMARTS) is 1. The molecular weight excluding hydrogens is 320 g/mol. The maximum absolute atomic E-state index is 12.6. The summed E-state index contributed by atoms with van der Waals surface area (Å²) < 4.78 is 5.16. The number of hydrogen-bond donors (Lipinski definition) is 2. The van der Waals surface area contributed by atoms with Gasteiger partial charge < -0.3 is 15.2 Å². The van der Waals surface area contributed by atoms with E-state index in [0.29, 0.717) is 4.88 Å². The van der Waals surface area contributed by atoms with Crippen LogP contribution < -0.4 is 5.32 Å². The third kappa shape index (κ3) is 5.31. The summed E-state index contributed by atoms with van der Waals surface area (Å²) >= 11 is 1.00. The van der Waals surface area contributed by atoms with Gasteiger partial charge in [0.15, 0.2) is 10.7 Å². The van der Waals surface area contributed by atoms with Crippen LogP contribution in [0.2, 0.25) is 0 Å². The number of thiazole rings is 1. The lowest BCUT2D eigenvalue weighted by Gasteiger charge is -2.24. The Hall–Kier alpha value is -1.96. The first kappa shape index (κ1) is 19.1. The molecule has 1 rings (SSSR count). The Balaban J connectivity index is 2.97. The molecule has 1 heterocycles. The Morgan fingerprint density at radius 2 is 1.83 bits per heavy atom. The average Bonchev–Trinajstić information content (AvgIpc) is 2.75. The molecule has 0 bridgehead atoms. The van der Waals surface area contributed by atoms with Crippen molar-refractivity contribution in [2.75, 3.05) is 0 Å². The Kier molecular flexibility index (Phi) is 5.87. The Morgan fingerprint density at radius 1 is 1.26 bits per heavy atom. The number of hydrogen-bond acceptors (Lipinski definition) is 6. The minimum atomic E-state index is -1.18. The molecule has 1 atom stereocenters. The number of carbonyl (C=O) groups excluding carboxylic acids is 2. The maximum atomic E-state index is 12.6. The summed E-state index contributed by atoms with van der Waals surface area (Å²) in [5.74, 6) is -1.81. The molecule has 2 N–H and O–H groups in total. The number of nitrogens with one attached hydrogen (secondary N) is 1. The van der Waals surface area contributed by atoms with Gasteiger partial charge in [-0.25, -0.2) is 14.6 Å². The van der Waals surface area contributed by atoms with E-state index >= 15 is 0 Å².